The lowest BCUT2D eigenvalue weighted by molar-refractivity contribution is -0.128. The van der Waals surface area contributed by atoms with Gasteiger partial charge in [0.1, 0.15) is 5.78 Å². The summed E-state index contributed by atoms with van der Waals surface area (Å²) in [6.45, 7) is 6.08. The predicted octanol–water partition coefficient (Wildman–Crippen LogP) is 2.54. The van der Waals surface area contributed by atoms with E-state index in [4.69, 9.17) is 0 Å². The van der Waals surface area contributed by atoms with Crippen molar-refractivity contribution in [2.45, 2.75) is 63.6 Å². The SMILES string of the molecule is C=CCC(C)N1C2CCCC1CC(=O)C2. The zero-order valence-corrected chi connectivity index (χ0v) is 9.61. The van der Waals surface area contributed by atoms with Crippen LogP contribution in [0.4, 0.5) is 0 Å². The summed E-state index contributed by atoms with van der Waals surface area (Å²) < 4.78 is 0. The molecule has 3 atom stereocenters. The monoisotopic (exact) mass is 207 g/mol. The number of carbonyl (C=O) groups excluding carboxylic acids is 1. The van der Waals surface area contributed by atoms with Crippen molar-refractivity contribution in [1.29, 1.82) is 0 Å². The highest BCUT2D eigenvalue weighted by Crippen LogP contribution is 2.34. The maximum absolute atomic E-state index is 11.6. The van der Waals surface area contributed by atoms with Crippen molar-refractivity contribution in [3.8, 4) is 0 Å². The fourth-order valence-electron chi connectivity index (χ4n) is 3.29. The Bertz CT molecular complexity index is 245. The molecule has 2 saturated heterocycles. The average Bonchev–Trinajstić information content (AvgIpc) is 2.16. The Hall–Kier alpha value is -0.630. The summed E-state index contributed by atoms with van der Waals surface area (Å²) in [5, 5.41) is 0. The van der Waals surface area contributed by atoms with Gasteiger partial charge in [-0.2, -0.15) is 0 Å². The van der Waals surface area contributed by atoms with Crippen LogP contribution < -0.4 is 0 Å². The topological polar surface area (TPSA) is 20.3 Å². The van der Waals surface area contributed by atoms with Gasteiger partial charge >= 0.3 is 0 Å². The van der Waals surface area contributed by atoms with Crippen LogP contribution in [-0.2, 0) is 4.79 Å². The van der Waals surface area contributed by atoms with Crippen molar-refractivity contribution in [2.75, 3.05) is 0 Å². The van der Waals surface area contributed by atoms with Crippen molar-refractivity contribution in [1.82, 2.24) is 4.90 Å². The molecule has 0 aliphatic carbocycles. The van der Waals surface area contributed by atoms with Crippen molar-refractivity contribution in [2.24, 2.45) is 0 Å². The van der Waals surface area contributed by atoms with Crippen molar-refractivity contribution in [3.05, 3.63) is 12.7 Å². The van der Waals surface area contributed by atoms with Crippen LogP contribution >= 0.6 is 0 Å². The summed E-state index contributed by atoms with van der Waals surface area (Å²) >= 11 is 0. The Labute approximate surface area is 92.3 Å². The van der Waals surface area contributed by atoms with Gasteiger partial charge in [0.25, 0.3) is 0 Å². The van der Waals surface area contributed by atoms with E-state index in [1.165, 1.54) is 19.3 Å². The molecule has 2 nitrogen and oxygen atoms in total. The third-order valence-corrected chi connectivity index (χ3v) is 3.86. The van der Waals surface area contributed by atoms with Crippen LogP contribution in [0.3, 0.4) is 0 Å². The highest BCUT2D eigenvalue weighted by molar-refractivity contribution is 5.80. The van der Waals surface area contributed by atoms with Gasteiger partial charge in [0, 0.05) is 31.0 Å². The molecular weight excluding hydrogens is 186 g/mol. The minimum atomic E-state index is 0.478. The molecule has 3 unspecified atom stereocenters. The van der Waals surface area contributed by atoms with E-state index in [1.54, 1.807) is 0 Å². The lowest BCUT2D eigenvalue weighted by atomic mass is 9.82. The van der Waals surface area contributed by atoms with Crippen LogP contribution in [-0.4, -0.2) is 28.8 Å². The molecule has 15 heavy (non-hydrogen) atoms. The van der Waals surface area contributed by atoms with Crippen LogP contribution in [0.25, 0.3) is 0 Å². The van der Waals surface area contributed by atoms with Gasteiger partial charge in [-0.05, 0) is 26.2 Å². The van der Waals surface area contributed by atoms with Gasteiger partial charge in [-0.1, -0.05) is 12.5 Å². The summed E-state index contributed by atoms with van der Waals surface area (Å²) in [6.07, 6.45) is 8.35. The molecule has 2 aliphatic rings. The van der Waals surface area contributed by atoms with Gasteiger partial charge in [-0.25, -0.2) is 0 Å². The number of hydrogen-bond donors (Lipinski definition) is 0. The first-order valence-corrected chi connectivity index (χ1v) is 6.12. The van der Waals surface area contributed by atoms with E-state index in [0.29, 0.717) is 23.9 Å². The Kier molecular flexibility index (Phi) is 3.25. The van der Waals surface area contributed by atoms with Crippen LogP contribution in [0.15, 0.2) is 12.7 Å². The molecule has 2 rings (SSSR count). The standard InChI is InChI=1S/C13H21NO/c1-3-5-10(2)14-11-6-4-7-12(14)9-13(15)8-11/h3,10-12H,1,4-9H2,2H3. The molecular formula is C13H21NO. The second-order valence-corrected chi connectivity index (χ2v) is 5.01. The molecule has 0 amide bonds. The summed E-state index contributed by atoms with van der Waals surface area (Å²) in [6, 6.07) is 1.62. The Morgan fingerprint density at radius 1 is 1.47 bits per heavy atom. The zero-order chi connectivity index (χ0) is 10.8. The highest BCUT2D eigenvalue weighted by atomic mass is 16.1. The van der Waals surface area contributed by atoms with Crippen LogP contribution in [0.2, 0.25) is 0 Å². The van der Waals surface area contributed by atoms with Crippen LogP contribution in [0.1, 0.15) is 45.4 Å². The Balaban J connectivity index is 2.09. The fraction of sp³-hybridized carbons (Fsp3) is 0.769. The Morgan fingerprint density at radius 2 is 2.07 bits per heavy atom. The first-order valence-electron chi connectivity index (χ1n) is 6.12. The minimum absolute atomic E-state index is 0.478. The highest BCUT2D eigenvalue weighted by Gasteiger charge is 2.39. The van der Waals surface area contributed by atoms with Gasteiger partial charge in [0.2, 0.25) is 0 Å². The second kappa shape index (κ2) is 4.48. The van der Waals surface area contributed by atoms with E-state index in [2.05, 4.69) is 18.4 Å². The molecule has 0 aromatic rings. The van der Waals surface area contributed by atoms with Crippen molar-refractivity contribution >= 4 is 5.78 Å². The Morgan fingerprint density at radius 3 is 2.60 bits per heavy atom. The summed E-state index contributed by atoms with van der Waals surface area (Å²) in [5.41, 5.74) is 0. The fourth-order valence-corrected chi connectivity index (χ4v) is 3.29. The number of rotatable bonds is 3. The molecule has 2 heterocycles. The third kappa shape index (κ3) is 2.15. The molecule has 84 valence electrons. The molecule has 2 aliphatic heterocycles. The number of nitrogens with zero attached hydrogens (tertiary/aromatic N) is 1. The van der Waals surface area contributed by atoms with E-state index < -0.39 is 0 Å². The lowest BCUT2D eigenvalue weighted by Crippen LogP contribution is -2.55. The normalized spacial score (nSPS) is 33.8. The zero-order valence-electron chi connectivity index (χ0n) is 9.61. The van der Waals surface area contributed by atoms with Crippen LogP contribution in [0, 0.1) is 0 Å². The van der Waals surface area contributed by atoms with E-state index in [0.717, 1.165) is 19.3 Å². The quantitative estimate of drug-likeness (QED) is 0.663. The van der Waals surface area contributed by atoms with Crippen molar-refractivity contribution in [3.63, 3.8) is 0 Å². The first kappa shape index (κ1) is 10.9. The van der Waals surface area contributed by atoms with Crippen LogP contribution in [0.5, 0.6) is 0 Å². The number of carbonyl (C=O) groups is 1. The number of fused-ring (bicyclic) bond motifs is 2. The maximum atomic E-state index is 11.6. The average molecular weight is 207 g/mol. The predicted molar refractivity (Wildman–Crippen MR) is 61.8 cm³/mol. The number of ketones is 1. The van der Waals surface area contributed by atoms with Gasteiger partial charge < -0.3 is 0 Å². The molecule has 0 spiro atoms. The molecule has 0 aromatic heterocycles. The molecule has 0 N–H and O–H groups in total. The second-order valence-electron chi connectivity index (χ2n) is 5.01. The summed E-state index contributed by atoms with van der Waals surface area (Å²) in [5.74, 6) is 0.478. The maximum Gasteiger partial charge on any atom is 0.136 e. The van der Waals surface area contributed by atoms with E-state index in [9.17, 15) is 4.79 Å². The van der Waals surface area contributed by atoms with Gasteiger partial charge in [-0.15, -0.1) is 6.58 Å². The van der Waals surface area contributed by atoms with E-state index >= 15 is 0 Å². The van der Waals surface area contributed by atoms with Gasteiger partial charge in [-0.3, -0.25) is 9.69 Å². The summed E-state index contributed by atoms with van der Waals surface area (Å²) in [4.78, 5) is 14.1. The molecule has 0 saturated carbocycles. The molecule has 2 heteroatoms. The molecule has 2 bridgehead atoms. The largest absolute Gasteiger partial charge is 0.300 e. The summed E-state index contributed by atoms with van der Waals surface area (Å²) in [7, 11) is 0. The van der Waals surface area contributed by atoms with E-state index in [-0.39, 0.29) is 0 Å². The molecule has 2 fully saturated rings. The molecule has 0 radical (unpaired) electrons. The number of hydrogen-bond acceptors (Lipinski definition) is 2. The van der Waals surface area contributed by atoms with E-state index in [1.807, 2.05) is 6.08 Å². The van der Waals surface area contributed by atoms with Gasteiger partial charge in [0.05, 0.1) is 0 Å². The number of piperidine rings is 2. The smallest absolute Gasteiger partial charge is 0.136 e. The minimum Gasteiger partial charge on any atom is -0.300 e. The first-order chi connectivity index (χ1) is 7.22. The lowest BCUT2D eigenvalue weighted by Gasteiger charge is -2.48. The van der Waals surface area contributed by atoms with Crippen molar-refractivity contribution < 1.29 is 4.79 Å². The third-order valence-electron chi connectivity index (χ3n) is 3.86. The molecule has 0 aromatic carbocycles. The van der Waals surface area contributed by atoms with Gasteiger partial charge in [0.15, 0.2) is 0 Å². The number of Topliss-reactive ketones (excluding diaryl/α,β-unsaturated/α-hetero) is 1.